The Morgan fingerprint density at radius 1 is 1.42 bits per heavy atom. The maximum absolute atomic E-state index is 10.2. The van der Waals surface area contributed by atoms with Crippen molar-refractivity contribution in [2.45, 2.75) is 19.4 Å². The Morgan fingerprint density at radius 3 is 2.84 bits per heavy atom. The first-order valence-electron chi connectivity index (χ1n) is 6.30. The number of hydrogen-bond donors (Lipinski definition) is 2. The van der Waals surface area contributed by atoms with Crippen LogP contribution in [0.25, 0.3) is 5.65 Å². The number of pyridine rings is 1. The van der Waals surface area contributed by atoms with Gasteiger partial charge in [-0.3, -0.25) is 0 Å². The highest BCUT2D eigenvalue weighted by atomic mass is 16.3. The largest absolute Gasteiger partial charge is 0.387 e. The molecule has 0 fully saturated rings. The van der Waals surface area contributed by atoms with E-state index >= 15 is 0 Å². The summed E-state index contributed by atoms with van der Waals surface area (Å²) in [6.45, 7) is 4.78. The topological polar surface area (TPSA) is 65.7 Å². The molecular weight excluding hydrogens is 242 g/mol. The second-order valence-electron chi connectivity index (χ2n) is 5.53. The number of nitrogens with zero attached hydrogens (tertiary/aromatic N) is 4. The predicted octanol–water partition coefficient (Wildman–Crippen LogP) is 0.762. The van der Waals surface area contributed by atoms with Gasteiger partial charge < -0.3 is 15.3 Å². The minimum Gasteiger partial charge on any atom is -0.387 e. The molecule has 0 aromatic carbocycles. The van der Waals surface area contributed by atoms with E-state index in [9.17, 15) is 5.11 Å². The first kappa shape index (κ1) is 13.8. The summed E-state index contributed by atoms with van der Waals surface area (Å²) in [6, 6.07) is 3.92. The lowest BCUT2D eigenvalue weighted by molar-refractivity contribution is 0.0458. The highest BCUT2D eigenvalue weighted by Gasteiger charge is 2.21. The molecule has 0 spiro atoms. The average molecular weight is 263 g/mol. The minimum absolute atomic E-state index is 0.404. The molecule has 2 N–H and O–H groups in total. The summed E-state index contributed by atoms with van der Waals surface area (Å²) in [5.41, 5.74) is 1.10. The van der Waals surface area contributed by atoms with Crippen LogP contribution in [0.4, 0.5) is 5.95 Å². The van der Waals surface area contributed by atoms with Gasteiger partial charge in [0.2, 0.25) is 5.95 Å². The Bertz CT molecular complexity index is 561. The second-order valence-corrected chi connectivity index (χ2v) is 5.53. The van der Waals surface area contributed by atoms with Gasteiger partial charge in [-0.1, -0.05) is 6.07 Å². The van der Waals surface area contributed by atoms with Gasteiger partial charge in [0.1, 0.15) is 0 Å². The second kappa shape index (κ2) is 5.14. The summed E-state index contributed by atoms with van der Waals surface area (Å²) >= 11 is 0. The summed E-state index contributed by atoms with van der Waals surface area (Å²) in [7, 11) is 3.86. The number of aryl methyl sites for hydroxylation is 1. The Labute approximate surface area is 113 Å². The fraction of sp³-hybridized carbons (Fsp3) is 0.538. The molecule has 2 rings (SSSR count). The van der Waals surface area contributed by atoms with Gasteiger partial charge in [0.05, 0.1) is 5.60 Å². The van der Waals surface area contributed by atoms with Crippen molar-refractivity contribution in [2.75, 3.05) is 32.5 Å². The molecule has 104 valence electrons. The van der Waals surface area contributed by atoms with Crippen LogP contribution < -0.4 is 5.32 Å². The van der Waals surface area contributed by atoms with Crippen LogP contribution in [-0.2, 0) is 0 Å². The van der Waals surface area contributed by atoms with Gasteiger partial charge in [0.25, 0.3) is 0 Å². The lowest BCUT2D eigenvalue weighted by atomic mass is 10.1. The lowest BCUT2D eigenvalue weighted by Gasteiger charge is -2.26. The number of fused-ring (bicyclic) bond motifs is 1. The smallest absolute Gasteiger partial charge is 0.243 e. The molecule has 0 bridgehead atoms. The van der Waals surface area contributed by atoms with E-state index in [-0.39, 0.29) is 0 Å². The molecule has 2 aromatic rings. The zero-order valence-electron chi connectivity index (χ0n) is 11.9. The molecule has 0 saturated heterocycles. The molecule has 0 aliphatic rings. The molecule has 1 atom stereocenters. The number of nitrogens with one attached hydrogen (secondary N) is 1. The van der Waals surface area contributed by atoms with Crippen LogP contribution in [0.15, 0.2) is 18.3 Å². The number of hydrogen-bond acceptors (Lipinski definition) is 5. The third kappa shape index (κ3) is 3.65. The minimum atomic E-state index is -0.823. The highest BCUT2D eigenvalue weighted by molar-refractivity contribution is 5.44. The van der Waals surface area contributed by atoms with Gasteiger partial charge in [-0.15, -0.1) is 5.10 Å². The van der Waals surface area contributed by atoms with E-state index < -0.39 is 5.60 Å². The predicted molar refractivity (Wildman–Crippen MR) is 75.4 cm³/mol. The normalized spacial score (nSPS) is 14.8. The van der Waals surface area contributed by atoms with Gasteiger partial charge in [-0.25, -0.2) is 4.52 Å². The first-order valence-corrected chi connectivity index (χ1v) is 6.30. The fourth-order valence-corrected chi connectivity index (χ4v) is 2.07. The third-order valence-corrected chi connectivity index (χ3v) is 2.76. The summed E-state index contributed by atoms with van der Waals surface area (Å²) in [4.78, 5) is 6.30. The molecule has 1 unspecified atom stereocenters. The lowest BCUT2D eigenvalue weighted by Crippen LogP contribution is -2.43. The van der Waals surface area contributed by atoms with Gasteiger partial charge in [-0.05, 0) is 39.6 Å². The van der Waals surface area contributed by atoms with Crippen LogP contribution in [0.2, 0.25) is 0 Å². The molecule has 0 saturated carbocycles. The van der Waals surface area contributed by atoms with E-state index in [1.807, 2.05) is 44.2 Å². The van der Waals surface area contributed by atoms with Crippen LogP contribution in [0.1, 0.15) is 12.5 Å². The molecule has 19 heavy (non-hydrogen) atoms. The Morgan fingerprint density at radius 2 is 2.16 bits per heavy atom. The summed E-state index contributed by atoms with van der Waals surface area (Å²) < 4.78 is 1.73. The Hall–Kier alpha value is -1.66. The Kier molecular flexibility index (Phi) is 3.73. The van der Waals surface area contributed by atoms with Crippen LogP contribution in [0.5, 0.6) is 0 Å². The van der Waals surface area contributed by atoms with Gasteiger partial charge in [0, 0.05) is 19.3 Å². The van der Waals surface area contributed by atoms with Crippen LogP contribution in [0.3, 0.4) is 0 Å². The number of aromatic nitrogens is 3. The summed E-state index contributed by atoms with van der Waals surface area (Å²) in [5.74, 6) is 0.532. The molecule has 2 aromatic heterocycles. The molecule has 0 amide bonds. The zero-order chi connectivity index (χ0) is 14.0. The van der Waals surface area contributed by atoms with Crippen molar-refractivity contribution in [2.24, 2.45) is 0 Å². The van der Waals surface area contributed by atoms with Crippen molar-refractivity contribution in [1.82, 2.24) is 19.5 Å². The number of rotatable bonds is 5. The third-order valence-electron chi connectivity index (χ3n) is 2.76. The SMILES string of the molecule is Cc1ccc2nc(NCC(C)(O)CN(C)C)nn2c1. The Balaban J connectivity index is 2.05. The van der Waals surface area contributed by atoms with E-state index in [1.165, 1.54) is 0 Å². The first-order chi connectivity index (χ1) is 8.85. The van der Waals surface area contributed by atoms with Gasteiger partial charge in [0.15, 0.2) is 5.65 Å². The summed E-state index contributed by atoms with van der Waals surface area (Å²) in [5, 5.41) is 17.6. The standard InChI is InChI=1S/C13H21N5O/c1-10-5-6-11-15-12(16-18(11)7-10)14-8-13(2,19)9-17(3)4/h5-7,19H,8-9H2,1-4H3,(H,14,16). The quantitative estimate of drug-likeness (QED) is 0.834. The number of anilines is 1. The number of aliphatic hydroxyl groups is 1. The molecule has 2 heterocycles. The van der Waals surface area contributed by atoms with Crippen molar-refractivity contribution in [3.05, 3.63) is 23.9 Å². The van der Waals surface area contributed by atoms with E-state index in [0.717, 1.165) is 11.2 Å². The fourth-order valence-electron chi connectivity index (χ4n) is 2.07. The van der Waals surface area contributed by atoms with Crippen LogP contribution >= 0.6 is 0 Å². The van der Waals surface area contributed by atoms with Crippen molar-refractivity contribution in [3.8, 4) is 0 Å². The van der Waals surface area contributed by atoms with Crippen molar-refractivity contribution in [1.29, 1.82) is 0 Å². The van der Waals surface area contributed by atoms with E-state index in [0.29, 0.717) is 19.0 Å². The zero-order valence-corrected chi connectivity index (χ0v) is 11.9. The maximum Gasteiger partial charge on any atom is 0.243 e. The van der Waals surface area contributed by atoms with Gasteiger partial charge in [-0.2, -0.15) is 4.98 Å². The van der Waals surface area contributed by atoms with Crippen molar-refractivity contribution >= 4 is 11.6 Å². The molecule has 0 aliphatic heterocycles. The highest BCUT2D eigenvalue weighted by Crippen LogP contribution is 2.09. The van der Waals surface area contributed by atoms with Crippen LogP contribution in [-0.4, -0.2) is 57.4 Å². The van der Waals surface area contributed by atoms with E-state index in [1.54, 1.807) is 11.4 Å². The molecule has 6 nitrogen and oxygen atoms in total. The van der Waals surface area contributed by atoms with E-state index in [4.69, 9.17) is 0 Å². The number of likely N-dealkylation sites (N-methyl/N-ethyl adjacent to an activating group) is 1. The van der Waals surface area contributed by atoms with Crippen molar-refractivity contribution in [3.63, 3.8) is 0 Å². The molecule has 0 aliphatic carbocycles. The average Bonchev–Trinajstić information content (AvgIpc) is 2.66. The van der Waals surface area contributed by atoms with Gasteiger partial charge >= 0.3 is 0 Å². The molecule has 0 radical (unpaired) electrons. The monoisotopic (exact) mass is 263 g/mol. The summed E-state index contributed by atoms with van der Waals surface area (Å²) in [6.07, 6.45) is 1.92. The van der Waals surface area contributed by atoms with Crippen molar-refractivity contribution < 1.29 is 5.11 Å². The van der Waals surface area contributed by atoms with Crippen LogP contribution in [0, 0.1) is 6.92 Å². The molecular formula is C13H21N5O. The van der Waals surface area contributed by atoms with E-state index in [2.05, 4.69) is 15.4 Å². The maximum atomic E-state index is 10.2. The molecule has 6 heteroatoms.